The quantitative estimate of drug-likeness (QED) is 0.845. The Balaban J connectivity index is 2.07. The summed E-state index contributed by atoms with van der Waals surface area (Å²) in [6.45, 7) is 3.09. The first-order chi connectivity index (χ1) is 9.11. The predicted octanol–water partition coefficient (Wildman–Crippen LogP) is 0.562. The molecule has 0 bridgehead atoms. The van der Waals surface area contributed by atoms with E-state index in [1.54, 1.807) is 20.0 Å². The van der Waals surface area contributed by atoms with Crippen LogP contribution in [0.25, 0.3) is 0 Å². The van der Waals surface area contributed by atoms with Crippen LogP contribution in [0.1, 0.15) is 41.9 Å². The normalized spacial score (nSPS) is 16.2. The van der Waals surface area contributed by atoms with Crippen molar-refractivity contribution in [2.45, 2.75) is 25.7 Å². The summed E-state index contributed by atoms with van der Waals surface area (Å²) in [5.41, 5.74) is 1.28. The predicted molar refractivity (Wildman–Crippen MR) is 69.7 cm³/mol. The Morgan fingerprint density at radius 1 is 1.32 bits per heavy atom. The lowest BCUT2D eigenvalue weighted by molar-refractivity contribution is -0.129. The average Bonchev–Trinajstić information content (AvgIpc) is 2.46. The van der Waals surface area contributed by atoms with E-state index in [0.717, 1.165) is 31.6 Å². The molecule has 2 rings (SSSR count). The summed E-state index contributed by atoms with van der Waals surface area (Å²) in [6.07, 6.45) is 3.19. The highest BCUT2D eigenvalue weighted by molar-refractivity contribution is 5.92. The van der Waals surface area contributed by atoms with E-state index >= 15 is 0 Å². The van der Waals surface area contributed by atoms with Gasteiger partial charge in [0.2, 0.25) is 5.91 Å². The first-order valence-electron chi connectivity index (χ1n) is 6.41. The van der Waals surface area contributed by atoms with Crippen LogP contribution >= 0.6 is 0 Å². The summed E-state index contributed by atoms with van der Waals surface area (Å²) >= 11 is 0. The van der Waals surface area contributed by atoms with E-state index in [4.69, 9.17) is 0 Å². The molecule has 0 saturated carbocycles. The van der Waals surface area contributed by atoms with Crippen molar-refractivity contribution in [3.63, 3.8) is 0 Å². The number of nitrogens with one attached hydrogen (secondary N) is 1. The van der Waals surface area contributed by atoms with E-state index in [0.29, 0.717) is 11.6 Å². The van der Waals surface area contributed by atoms with E-state index in [9.17, 15) is 9.59 Å². The number of piperidine rings is 1. The number of amides is 2. The largest absolute Gasteiger partial charge is 0.354 e. The highest BCUT2D eigenvalue weighted by Crippen LogP contribution is 2.26. The molecule has 1 N–H and O–H groups in total. The minimum atomic E-state index is -0.204. The van der Waals surface area contributed by atoms with Gasteiger partial charge >= 0.3 is 0 Å². The van der Waals surface area contributed by atoms with Crippen molar-refractivity contribution in [3.05, 3.63) is 23.8 Å². The zero-order valence-corrected chi connectivity index (χ0v) is 11.2. The van der Waals surface area contributed by atoms with Gasteiger partial charge in [-0.15, -0.1) is 0 Å². The van der Waals surface area contributed by atoms with Crippen molar-refractivity contribution in [1.29, 1.82) is 0 Å². The van der Waals surface area contributed by atoms with Crippen LogP contribution in [0.3, 0.4) is 0 Å². The molecule has 102 valence electrons. The Morgan fingerprint density at radius 3 is 2.58 bits per heavy atom. The van der Waals surface area contributed by atoms with Crippen molar-refractivity contribution >= 4 is 11.8 Å². The molecule has 0 radical (unpaired) electrons. The molecule has 6 nitrogen and oxygen atoms in total. The molecule has 0 spiro atoms. The smallest absolute Gasteiger partial charge is 0.269 e. The summed E-state index contributed by atoms with van der Waals surface area (Å²) in [5, 5.41) is 2.55. The van der Waals surface area contributed by atoms with Gasteiger partial charge in [-0.1, -0.05) is 0 Å². The number of hydrogen-bond acceptors (Lipinski definition) is 4. The molecular weight excluding hydrogens is 244 g/mol. The number of rotatable bonds is 2. The average molecular weight is 262 g/mol. The number of carbonyl (C=O) groups excluding carboxylic acids is 2. The fourth-order valence-electron chi connectivity index (χ4n) is 2.34. The zero-order valence-electron chi connectivity index (χ0n) is 11.2. The van der Waals surface area contributed by atoms with Crippen molar-refractivity contribution in [2.75, 3.05) is 20.1 Å². The summed E-state index contributed by atoms with van der Waals surface area (Å²) in [4.78, 5) is 32.9. The molecule has 0 aromatic carbocycles. The number of aromatic nitrogens is 2. The van der Waals surface area contributed by atoms with Gasteiger partial charge in [0.15, 0.2) is 0 Å². The van der Waals surface area contributed by atoms with Gasteiger partial charge in [0.1, 0.15) is 12.0 Å². The third-order valence-corrected chi connectivity index (χ3v) is 3.51. The van der Waals surface area contributed by atoms with Crippen LogP contribution in [0.4, 0.5) is 0 Å². The molecule has 1 aliphatic rings. The summed E-state index contributed by atoms with van der Waals surface area (Å²) < 4.78 is 0. The monoisotopic (exact) mass is 262 g/mol. The van der Waals surface area contributed by atoms with Crippen LogP contribution in [0, 0.1) is 0 Å². The lowest BCUT2D eigenvalue weighted by Crippen LogP contribution is -2.36. The molecule has 0 unspecified atom stereocenters. The van der Waals surface area contributed by atoms with Crippen molar-refractivity contribution in [3.8, 4) is 0 Å². The molecule has 1 aromatic heterocycles. The molecule has 1 aliphatic heterocycles. The molecule has 0 aliphatic carbocycles. The van der Waals surface area contributed by atoms with Gasteiger partial charge in [-0.2, -0.15) is 0 Å². The van der Waals surface area contributed by atoms with Crippen LogP contribution < -0.4 is 5.32 Å². The van der Waals surface area contributed by atoms with Crippen LogP contribution in [0.2, 0.25) is 0 Å². The topological polar surface area (TPSA) is 75.2 Å². The van der Waals surface area contributed by atoms with Crippen molar-refractivity contribution in [1.82, 2.24) is 20.2 Å². The van der Waals surface area contributed by atoms with E-state index in [1.807, 2.05) is 4.90 Å². The third-order valence-electron chi connectivity index (χ3n) is 3.51. The lowest BCUT2D eigenvalue weighted by atomic mass is 9.93. The molecule has 2 amide bonds. The van der Waals surface area contributed by atoms with E-state index in [1.165, 1.54) is 6.33 Å². The number of carbonyl (C=O) groups is 2. The zero-order chi connectivity index (χ0) is 13.8. The van der Waals surface area contributed by atoms with Gasteiger partial charge in [-0.3, -0.25) is 9.59 Å². The Labute approximate surface area is 112 Å². The van der Waals surface area contributed by atoms with Gasteiger partial charge in [0.05, 0.1) is 0 Å². The fourth-order valence-corrected chi connectivity index (χ4v) is 2.34. The summed E-state index contributed by atoms with van der Waals surface area (Å²) in [7, 11) is 1.58. The maximum absolute atomic E-state index is 11.5. The van der Waals surface area contributed by atoms with Gasteiger partial charge < -0.3 is 10.2 Å². The molecule has 1 fully saturated rings. The van der Waals surface area contributed by atoms with E-state index in [2.05, 4.69) is 15.3 Å². The Morgan fingerprint density at radius 2 is 2.00 bits per heavy atom. The summed E-state index contributed by atoms with van der Waals surface area (Å²) in [6, 6.07) is 1.74. The second-order valence-electron chi connectivity index (χ2n) is 4.69. The standard InChI is InChI=1S/C13H18N4O2/c1-9(18)17-5-3-10(4-6-17)11-7-12(13(19)14-2)16-8-15-11/h7-8,10H,3-6H2,1-2H3,(H,14,19). The van der Waals surface area contributed by atoms with Gasteiger partial charge in [0.25, 0.3) is 5.91 Å². The van der Waals surface area contributed by atoms with E-state index in [-0.39, 0.29) is 11.8 Å². The molecule has 1 aromatic rings. The Kier molecular flexibility index (Phi) is 4.09. The fraction of sp³-hybridized carbons (Fsp3) is 0.538. The molecule has 19 heavy (non-hydrogen) atoms. The second kappa shape index (κ2) is 5.77. The number of nitrogens with zero attached hydrogens (tertiary/aromatic N) is 3. The Bertz CT molecular complexity index is 481. The third kappa shape index (κ3) is 3.07. The van der Waals surface area contributed by atoms with E-state index < -0.39 is 0 Å². The van der Waals surface area contributed by atoms with Crippen LogP contribution in [0.5, 0.6) is 0 Å². The summed E-state index contributed by atoms with van der Waals surface area (Å²) in [5.74, 6) is 0.207. The lowest BCUT2D eigenvalue weighted by Gasteiger charge is -2.30. The van der Waals surface area contributed by atoms with Crippen molar-refractivity contribution in [2.24, 2.45) is 0 Å². The minimum absolute atomic E-state index is 0.118. The van der Waals surface area contributed by atoms with Gasteiger partial charge in [-0.05, 0) is 18.9 Å². The first kappa shape index (κ1) is 13.5. The van der Waals surface area contributed by atoms with Crippen LogP contribution in [-0.4, -0.2) is 46.8 Å². The van der Waals surface area contributed by atoms with Gasteiger partial charge in [-0.25, -0.2) is 9.97 Å². The maximum Gasteiger partial charge on any atom is 0.269 e. The molecule has 2 heterocycles. The minimum Gasteiger partial charge on any atom is -0.354 e. The second-order valence-corrected chi connectivity index (χ2v) is 4.69. The van der Waals surface area contributed by atoms with Crippen molar-refractivity contribution < 1.29 is 9.59 Å². The molecule has 6 heteroatoms. The first-order valence-corrected chi connectivity index (χ1v) is 6.41. The molecular formula is C13H18N4O2. The Hall–Kier alpha value is -1.98. The highest BCUT2D eigenvalue weighted by atomic mass is 16.2. The van der Waals surface area contributed by atoms with Crippen LogP contribution in [0.15, 0.2) is 12.4 Å². The maximum atomic E-state index is 11.5. The SMILES string of the molecule is CNC(=O)c1cc(C2CCN(C(C)=O)CC2)ncn1. The molecule has 0 atom stereocenters. The highest BCUT2D eigenvalue weighted by Gasteiger charge is 2.23. The van der Waals surface area contributed by atoms with Gasteiger partial charge in [0, 0.05) is 38.7 Å². The molecule has 1 saturated heterocycles. The van der Waals surface area contributed by atoms with Crippen LogP contribution in [-0.2, 0) is 4.79 Å². The number of likely N-dealkylation sites (tertiary alicyclic amines) is 1. The number of hydrogen-bond donors (Lipinski definition) is 1.